The van der Waals surface area contributed by atoms with Crippen LogP contribution in [0.3, 0.4) is 0 Å². The van der Waals surface area contributed by atoms with Crippen LogP contribution in [-0.4, -0.2) is 68.4 Å². The van der Waals surface area contributed by atoms with Crippen molar-refractivity contribution in [3.8, 4) is 5.75 Å². The van der Waals surface area contributed by atoms with Crippen LogP contribution in [0.15, 0.2) is 35.2 Å². The highest BCUT2D eigenvalue weighted by molar-refractivity contribution is 7.89. The van der Waals surface area contributed by atoms with E-state index in [4.69, 9.17) is 16.3 Å². The SMILES string of the molecule is COc1ccc(S(=O)(=O)N(C)C(C)(C)C)cc1N1[C@@H]2CC[C@H]1CN(C(=O)c1cc(F)c(F)cc1Cl)C2. The lowest BCUT2D eigenvalue weighted by atomic mass is 10.1. The van der Waals surface area contributed by atoms with Crippen LogP contribution in [0, 0.1) is 11.6 Å². The van der Waals surface area contributed by atoms with Gasteiger partial charge < -0.3 is 14.5 Å². The largest absolute Gasteiger partial charge is 0.495 e. The number of benzene rings is 2. The molecule has 2 aliphatic rings. The Balaban J connectivity index is 1.65. The van der Waals surface area contributed by atoms with Crippen LogP contribution in [0.1, 0.15) is 44.0 Å². The molecule has 0 unspecified atom stereocenters. The van der Waals surface area contributed by atoms with Crippen molar-refractivity contribution in [3.05, 3.63) is 52.6 Å². The predicted molar refractivity (Wildman–Crippen MR) is 134 cm³/mol. The van der Waals surface area contributed by atoms with Crippen molar-refractivity contribution >= 4 is 33.2 Å². The van der Waals surface area contributed by atoms with Gasteiger partial charge in [-0.05, 0) is 63.9 Å². The minimum atomic E-state index is -3.76. The van der Waals surface area contributed by atoms with E-state index in [1.165, 1.54) is 17.5 Å². The van der Waals surface area contributed by atoms with Crippen LogP contribution >= 0.6 is 11.6 Å². The van der Waals surface area contributed by atoms with Gasteiger partial charge in [0.1, 0.15) is 5.75 Å². The molecule has 0 N–H and O–H groups in total. The molecule has 0 aliphatic carbocycles. The number of nitrogens with zero attached hydrogens (tertiary/aromatic N) is 3. The zero-order valence-corrected chi connectivity index (χ0v) is 22.5. The first-order chi connectivity index (χ1) is 16.8. The third kappa shape index (κ3) is 4.66. The molecule has 2 atom stereocenters. The second-order valence-electron chi connectivity index (χ2n) is 10.2. The molecule has 0 saturated carbocycles. The van der Waals surface area contributed by atoms with Gasteiger partial charge in [0.05, 0.1) is 28.3 Å². The average Bonchev–Trinajstić information content (AvgIpc) is 3.07. The van der Waals surface area contributed by atoms with Crippen LogP contribution in [-0.2, 0) is 10.0 Å². The Morgan fingerprint density at radius 2 is 1.67 bits per heavy atom. The Kier molecular flexibility index (Phi) is 7.00. The molecule has 0 radical (unpaired) electrons. The van der Waals surface area contributed by atoms with Gasteiger partial charge >= 0.3 is 0 Å². The summed E-state index contributed by atoms with van der Waals surface area (Å²) in [5.74, 6) is -2.17. The third-order valence-corrected chi connectivity index (χ3v) is 9.47. The van der Waals surface area contributed by atoms with E-state index < -0.39 is 33.1 Å². The lowest BCUT2D eigenvalue weighted by molar-refractivity contribution is 0.0717. The molecule has 2 fully saturated rings. The van der Waals surface area contributed by atoms with Crippen LogP contribution < -0.4 is 9.64 Å². The molecule has 2 aromatic rings. The Labute approximate surface area is 215 Å². The average molecular weight is 542 g/mol. The van der Waals surface area contributed by atoms with Crippen molar-refractivity contribution in [2.75, 3.05) is 32.1 Å². The van der Waals surface area contributed by atoms with E-state index in [1.807, 2.05) is 20.8 Å². The Morgan fingerprint density at radius 3 is 2.22 bits per heavy atom. The molecule has 0 aromatic heterocycles. The Hall–Kier alpha value is -2.43. The summed E-state index contributed by atoms with van der Waals surface area (Å²) in [7, 11) is -0.683. The van der Waals surface area contributed by atoms with Crippen molar-refractivity contribution < 1.29 is 26.7 Å². The molecule has 2 aliphatic heterocycles. The molecule has 2 heterocycles. The fraction of sp³-hybridized carbons (Fsp3) is 0.480. The maximum Gasteiger partial charge on any atom is 0.255 e. The van der Waals surface area contributed by atoms with Crippen molar-refractivity contribution in [1.29, 1.82) is 0 Å². The quantitative estimate of drug-likeness (QED) is 0.520. The molecule has 1 amide bonds. The number of rotatable bonds is 5. The monoisotopic (exact) mass is 541 g/mol. The number of fused-ring (bicyclic) bond motifs is 2. The van der Waals surface area contributed by atoms with Crippen molar-refractivity contribution in [2.45, 2.75) is 56.1 Å². The van der Waals surface area contributed by atoms with E-state index in [2.05, 4.69) is 4.90 Å². The van der Waals surface area contributed by atoms with E-state index in [0.29, 0.717) is 24.5 Å². The number of carbonyl (C=O) groups excluding carboxylic acids is 1. The summed E-state index contributed by atoms with van der Waals surface area (Å²) in [6, 6.07) is 6.24. The van der Waals surface area contributed by atoms with Gasteiger partial charge in [-0.3, -0.25) is 4.79 Å². The summed E-state index contributed by atoms with van der Waals surface area (Å²) in [6.07, 6.45) is 1.56. The number of hydrogen-bond acceptors (Lipinski definition) is 5. The summed E-state index contributed by atoms with van der Waals surface area (Å²) in [4.78, 5) is 17.0. The summed E-state index contributed by atoms with van der Waals surface area (Å²) in [6.45, 7) is 6.12. The molecular formula is C25H30ClF2N3O4S. The maximum absolute atomic E-state index is 13.8. The van der Waals surface area contributed by atoms with Crippen molar-refractivity contribution in [3.63, 3.8) is 0 Å². The smallest absolute Gasteiger partial charge is 0.255 e. The van der Waals surface area contributed by atoms with Gasteiger partial charge in [-0.1, -0.05) is 11.6 Å². The van der Waals surface area contributed by atoms with Crippen LogP contribution in [0.2, 0.25) is 5.02 Å². The number of halogens is 3. The fourth-order valence-corrected chi connectivity index (χ4v) is 6.64. The summed E-state index contributed by atoms with van der Waals surface area (Å²) >= 11 is 6.04. The van der Waals surface area contributed by atoms with Gasteiger partial charge in [-0.2, -0.15) is 4.31 Å². The van der Waals surface area contributed by atoms with Crippen LogP contribution in [0.25, 0.3) is 0 Å². The number of anilines is 1. The highest BCUT2D eigenvalue weighted by Gasteiger charge is 2.43. The van der Waals surface area contributed by atoms with E-state index >= 15 is 0 Å². The van der Waals surface area contributed by atoms with Crippen LogP contribution in [0.5, 0.6) is 5.75 Å². The first kappa shape index (κ1) is 26.6. The highest BCUT2D eigenvalue weighted by Crippen LogP contribution is 2.42. The topological polar surface area (TPSA) is 70.2 Å². The van der Waals surface area contributed by atoms with E-state index in [1.54, 1.807) is 24.1 Å². The number of carbonyl (C=O) groups is 1. The number of sulfonamides is 1. The minimum Gasteiger partial charge on any atom is -0.495 e. The summed E-state index contributed by atoms with van der Waals surface area (Å²) in [5.41, 5.74) is -0.0453. The first-order valence-electron chi connectivity index (χ1n) is 11.6. The maximum atomic E-state index is 13.8. The lowest BCUT2D eigenvalue weighted by Gasteiger charge is -2.43. The van der Waals surface area contributed by atoms with Gasteiger partial charge in [0.25, 0.3) is 5.91 Å². The van der Waals surface area contributed by atoms with Crippen molar-refractivity contribution in [1.82, 2.24) is 9.21 Å². The van der Waals surface area contributed by atoms with Gasteiger partial charge in [-0.25, -0.2) is 17.2 Å². The van der Waals surface area contributed by atoms with Crippen LogP contribution in [0.4, 0.5) is 14.5 Å². The van der Waals surface area contributed by atoms with Crippen molar-refractivity contribution in [2.24, 2.45) is 0 Å². The van der Waals surface area contributed by atoms with E-state index in [-0.39, 0.29) is 27.6 Å². The second kappa shape index (κ2) is 9.46. The summed E-state index contributed by atoms with van der Waals surface area (Å²) < 4.78 is 60.8. The minimum absolute atomic E-state index is 0.0840. The molecule has 2 saturated heterocycles. The van der Waals surface area contributed by atoms with E-state index in [9.17, 15) is 22.0 Å². The number of methoxy groups -OCH3 is 1. The van der Waals surface area contributed by atoms with Gasteiger partial charge in [-0.15, -0.1) is 0 Å². The molecule has 0 spiro atoms. The molecule has 4 rings (SSSR count). The molecule has 36 heavy (non-hydrogen) atoms. The van der Waals surface area contributed by atoms with E-state index in [0.717, 1.165) is 25.0 Å². The molecular weight excluding hydrogens is 512 g/mol. The predicted octanol–water partition coefficient (Wildman–Crippen LogP) is 4.54. The zero-order chi connectivity index (χ0) is 26.6. The summed E-state index contributed by atoms with van der Waals surface area (Å²) in [5, 5.41) is -0.142. The number of ether oxygens (including phenoxy) is 1. The van der Waals surface area contributed by atoms with Gasteiger partial charge in [0.2, 0.25) is 10.0 Å². The highest BCUT2D eigenvalue weighted by atomic mass is 35.5. The second-order valence-corrected chi connectivity index (χ2v) is 12.6. The number of hydrogen-bond donors (Lipinski definition) is 0. The number of piperazine rings is 1. The molecule has 2 aromatic carbocycles. The Bertz CT molecular complexity index is 1280. The Morgan fingerprint density at radius 1 is 1.08 bits per heavy atom. The molecule has 196 valence electrons. The zero-order valence-electron chi connectivity index (χ0n) is 20.9. The number of likely N-dealkylation sites (tertiary alicyclic amines) is 1. The normalized spacial score (nSPS) is 20.2. The molecule has 11 heteroatoms. The van der Waals surface area contributed by atoms with Gasteiger partial charge in [0, 0.05) is 37.8 Å². The fourth-order valence-electron chi connectivity index (χ4n) is 4.87. The van der Waals surface area contributed by atoms with Gasteiger partial charge in [0.15, 0.2) is 11.6 Å². The lowest BCUT2D eigenvalue weighted by Crippen LogP contribution is -2.55. The third-order valence-electron chi connectivity index (χ3n) is 7.04. The standard InChI is InChI=1S/C25H30ClF2N3O4S/c1-25(2,3)29(4)36(33,34)17-8-9-23(35-5)22(10-17)31-15-6-7-16(31)14-30(13-15)24(32)18-11-20(27)21(28)12-19(18)26/h8-12,15-16H,6-7,13-14H2,1-5H3/t15-,16+. The molecule has 2 bridgehead atoms. The number of amides is 1. The first-order valence-corrected chi connectivity index (χ1v) is 13.5. The molecule has 7 nitrogen and oxygen atoms in total.